The number of imidazole rings is 1. The monoisotopic (exact) mass is 313 g/mol. The van der Waals surface area contributed by atoms with E-state index >= 15 is 0 Å². The Labute approximate surface area is 131 Å². The van der Waals surface area contributed by atoms with Crippen LogP contribution in [0.5, 0.6) is 0 Å². The summed E-state index contributed by atoms with van der Waals surface area (Å²) in [5, 5.41) is 13.7. The lowest BCUT2D eigenvalue weighted by Crippen LogP contribution is -2.10. The Balaban J connectivity index is 1.82. The van der Waals surface area contributed by atoms with Gasteiger partial charge in [0.2, 0.25) is 11.8 Å². The minimum atomic E-state index is -0.618. The van der Waals surface area contributed by atoms with Crippen LogP contribution in [0.3, 0.4) is 0 Å². The van der Waals surface area contributed by atoms with Crippen molar-refractivity contribution in [3.63, 3.8) is 0 Å². The van der Waals surface area contributed by atoms with Gasteiger partial charge >= 0.3 is 5.69 Å². The summed E-state index contributed by atoms with van der Waals surface area (Å²) in [6, 6.07) is 6.06. The van der Waals surface area contributed by atoms with Gasteiger partial charge in [0.25, 0.3) is 0 Å². The molecule has 0 amide bonds. The SMILES string of the molecule is Cc1ccc2c(c1)nc(CNc1ncc([N+](=O)[O-])c(N)n1)n2C. The molecular formula is C14H15N7O2. The number of aromatic nitrogens is 4. The third-order valence-electron chi connectivity index (χ3n) is 3.53. The minimum absolute atomic E-state index is 0.173. The first-order valence-electron chi connectivity index (χ1n) is 6.88. The molecule has 0 aliphatic heterocycles. The predicted octanol–water partition coefficient (Wildman–Crippen LogP) is 1.77. The first-order valence-corrected chi connectivity index (χ1v) is 6.88. The number of hydrogen-bond acceptors (Lipinski definition) is 7. The van der Waals surface area contributed by atoms with E-state index in [2.05, 4.69) is 20.3 Å². The van der Waals surface area contributed by atoms with Gasteiger partial charge in [-0.1, -0.05) is 6.07 Å². The molecule has 3 rings (SSSR count). The van der Waals surface area contributed by atoms with E-state index < -0.39 is 4.92 Å². The molecule has 23 heavy (non-hydrogen) atoms. The van der Waals surface area contributed by atoms with Crippen LogP contribution >= 0.6 is 0 Å². The lowest BCUT2D eigenvalue weighted by Gasteiger charge is -2.05. The van der Waals surface area contributed by atoms with E-state index in [9.17, 15) is 10.1 Å². The van der Waals surface area contributed by atoms with Crippen molar-refractivity contribution in [3.05, 3.63) is 45.9 Å². The molecular weight excluding hydrogens is 298 g/mol. The number of aryl methyl sites for hydroxylation is 2. The number of nitro groups is 1. The van der Waals surface area contributed by atoms with Gasteiger partial charge in [-0.05, 0) is 24.6 Å². The van der Waals surface area contributed by atoms with Gasteiger partial charge in [-0.25, -0.2) is 9.97 Å². The summed E-state index contributed by atoms with van der Waals surface area (Å²) in [5.74, 6) is 0.843. The molecule has 3 aromatic rings. The van der Waals surface area contributed by atoms with E-state index in [-0.39, 0.29) is 17.5 Å². The van der Waals surface area contributed by atoms with E-state index in [4.69, 9.17) is 5.73 Å². The summed E-state index contributed by atoms with van der Waals surface area (Å²) in [6.07, 6.45) is 1.09. The van der Waals surface area contributed by atoms with Crippen molar-refractivity contribution in [1.29, 1.82) is 0 Å². The summed E-state index contributed by atoms with van der Waals surface area (Å²) in [4.78, 5) is 22.4. The van der Waals surface area contributed by atoms with Crippen LogP contribution < -0.4 is 11.1 Å². The van der Waals surface area contributed by atoms with Crippen molar-refractivity contribution in [1.82, 2.24) is 19.5 Å². The van der Waals surface area contributed by atoms with E-state index in [1.165, 1.54) is 0 Å². The summed E-state index contributed by atoms with van der Waals surface area (Å²) in [7, 11) is 1.92. The highest BCUT2D eigenvalue weighted by atomic mass is 16.6. The van der Waals surface area contributed by atoms with E-state index in [0.29, 0.717) is 6.54 Å². The maximum absolute atomic E-state index is 10.7. The molecule has 9 heteroatoms. The third kappa shape index (κ3) is 2.76. The number of nitrogens with two attached hydrogens (primary N) is 1. The van der Waals surface area contributed by atoms with Crippen LogP contribution in [-0.2, 0) is 13.6 Å². The number of benzene rings is 1. The molecule has 0 radical (unpaired) electrons. The minimum Gasteiger partial charge on any atom is -0.378 e. The molecule has 0 bridgehead atoms. The molecule has 1 aromatic carbocycles. The predicted molar refractivity (Wildman–Crippen MR) is 85.9 cm³/mol. The van der Waals surface area contributed by atoms with Crippen LogP contribution in [0.15, 0.2) is 24.4 Å². The standard InChI is InChI=1S/C14H15N7O2/c1-8-3-4-10-9(5-8)18-12(20(10)2)7-17-14-16-6-11(21(22)23)13(15)19-14/h3-6H,7H2,1-2H3,(H3,15,16,17,19). The zero-order valence-corrected chi connectivity index (χ0v) is 12.6. The summed E-state index contributed by atoms with van der Waals surface area (Å²) < 4.78 is 1.97. The lowest BCUT2D eigenvalue weighted by molar-refractivity contribution is -0.384. The van der Waals surface area contributed by atoms with Gasteiger partial charge in [-0.3, -0.25) is 10.1 Å². The van der Waals surface area contributed by atoms with Crippen molar-refractivity contribution < 1.29 is 4.92 Å². The van der Waals surface area contributed by atoms with Gasteiger partial charge in [-0.15, -0.1) is 0 Å². The number of nitrogen functional groups attached to an aromatic ring is 1. The van der Waals surface area contributed by atoms with Crippen LogP contribution in [0.25, 0.3) is 11.0 Å². The molecule has 118 valence electrons. The summed E-state index contributed by atoms with van der Waals surface area (Å²) in [6.45, 7) is 2.39. The molecule has 0 atom stereocenters. The average Bonchev–Trinajstić information content (AvgIpc) is 2.80. The van der Waals surface area contributed by atoms with Crippen LogP contribution in [0.1, 0.15) is 11.4 Å². The highest BCUT2D eigenvalue weighted by molar-refractivity contribution is 5.76. The smallest absolute Gasteiger partial charge is 0.329 e. The largest absolute Gasteiger partial charge is 0.378 e. The molecule has 0 saturated heterocycles. The Kier molecular flexibility index (Phi) is 3.53. The molecule has 0 unspecified atom stereocenters. The normalized spacial score (nSPS) is 10.9. The summed E-state index contributed by atoms with van der Waals surface area (Å²) >= 11 is 0. The van der Waals surface area contributed by atoms with Crippen LogP contribution in [0.2, 0.25) is 0 Å². The maximum Gasteiger partial charge on any atom is 0.329 e. The van der Waals surface area contributed by atoms with Crippen molar-refractivity contribution in [3.8, 4) is 0 Å². The molecule has 0 spiro atoms. The van der Waals surface area contributed by atoms with Crippen LogP contribution in [0.4, 0.5) is 17.5 Å². The Morgan fingerprint density at radius 1 is 1.39 bits per heavy atom. The second kappa shape index (κ2) is 5.52. The van der Waals surface area contributed by atoms with E-state index in [0.717, 1.165) is 28.6 Å². The molecule has 0 aliphatic rings. The van der Waals surface area contributed by atoms with Gasteiger partial charge in [-0.2, -0.15) is 4.98 Å². The Bertz CT molecular complexity index is 904. The fourth-order valence-electron chi connectivity index (χ4n) is 2.29. The third-order valence-corrected chi connectivity index (χ3v) is 3.53. The van der Waals surface area contributed by atoms with Crippen LogP contribution in [-0.4, -0.2) is 24.4 Å². The maximum atomic E-state index is 10.7. The van der Waals surface area contributed by atoms with Gasteiger partial charge in [0.15, 0.2) is 0 Å². The van der Waals surface area contributed by atoms with Gasteiger partial charge in [0.05, 0.1) is 22.5 Å². The molecule has 0 fully saturated rings. The Morgan fingerprint density at radius 2 is 2.17 bits per heavy atom. The zero-order valence-electron chi connectivity index (χ0n) is 12.6. The average molecular weight is 313 g/mol. The van der Waals surface area contributed by atoms with Gasteiger partial charge in [0.1, 0.15) is 12.0 Å². The lowest BCUT2D eigenvalue weighted by atomic mass is 10.2. The number of anilines is 2. The number of rotatable bonds is 4. The van der Waals surface area contributed by atoms with Crippen molar-refractivity contribution in [2.75, 3.05) is 11.1 Å². The second-order valence-corrected chi connectivity index (χ2v) is 5.15. The molecule has 0 saturated carbocycles. The van der Waals surface area contributed by atoms with Crippen molar-refractivity contribution in [2.24, 2.45) is 7.05 Å². The molecule has 9 nitrogen and oxygen atoms in total. The molecule has 2 aromatic heterocycles. The molecule has 3 N–H and O–H groups in total. The second-order valence-electron chi connectivity index (χ2n) is 5.15. The molecule has 2 heterocycles. The van der Waals surface area contributed by atoms with Crippen molar-refractivity contribution in [2.45, 2.75) is 13.5 Å². The fourth-order valence-corrected chi connectivity index (χ4v) is 2.29. The van der Waals surface area contributed by atoms with Gasteiger partial charge < -0.3 is 15.6 Å². The Hall–Kier alpha value is -3.23. The van der Waals surface area contributed by atoms with Crippen molar-refractivity contribution >= 4 is 28.5 Å². The first kappa shape index (κ1) is 14.7. The first-order chi connectivity index (χ1) is 11.0. The number of nitrogens with one attached hydrogen (secondary N) is 1. The number of fused-ring (bicyclic) bond motifs is 1. The zero-order chi connectivity index (χ0) is 16.6. The quantitative estimate of drug-likeness (QED) is 0.555. The van der Waals surface area contributed by atoms with E-state index in [1.54, 1.807) is 0 Å². The van der Waals surface area contributed by atoms with Gasteiger partial charge in [0, 0.05) is 7.05 Å². The highest BCUT2D eigenvalue weighted by Crippen LogP contribution is 2.19. The van der Waals surface area contributed by atoms with Crippen LogP contribution in [0, 0.1) is 17.0 Å². The molecule has 0 aliphatic carbocycles. The van der Waals surface area contributed by atoms with E-state index in [1.807, 2.05) is 36.7 Å². The topological polar surface area (TPSA) is 125 Å². The highest BCUT2D eigenvalue weighted by Gasteiger charge is 2.14. The number of hydrogen-bond donors (Lipinski definition) is 2. The summed E-state index contributed by atoms with van der Waals surface area (Å²) in [5.41, 5.74) is 8.31. The fraction of sp³-hybridized carbons (Fsp3) is 0.214. The number of nitrogens with zero attached hydrogens (tertiary/aromatic N) is 5. The Morgan fingerprint density at radius 3 is 2.87 bits per heavy atom.